The van der Waals surface area contributed by atoms with Gasteiger partial charge in [0.1, 0.15) is 0 Å². The molecule has 0 saturated heterocycles. The van der Waals surface area contributed by atoms with Crippen LogP contribution in [0, 0.1) is 0 Å². The van der Waals surface area contributed by atoms with E-state index in [-0.39, 0.29) is 11.1 Å². The first-order valence-corrected chi connectivity index (χ1v) is 3.01. The molecule has 3 nitrogen and oxygen atoms in total. The van der Waals surface area contributed by atoms with Gasteiger partial charge in [-0.05, 0) is 6.07 Å². The highest BCUT2D eigenvalue weighted by Gasteiger charge is 2.08. The summed E-state index contributed by atoms with van der Waals surface area (Å²) in [4.78, 5) is 20.6. The molecule has 0 atom stereocenters. The lowest BCUT2D eigenvalue weighted by Crippen LogP contribution is -1.98. The van der Waals surface area contributed by atoms with Crippen molar-refractivity contribution in [3.05, 3.63) is 35.4 Å². The fraction of sp³-hybridized carbons (Fsp3) is 0. The molecule has 0 heterocycles. The molecule has 3 heteroatoms. The Morgan fingerprint density at radius 2 is 1.91 bits per heavy atom. The molecule has 0 amide bonds. The maximum Gasteiger partial charge on any atom is 0.387 e. The molecule has 0 aromatic heterocycles. The molecule has 0 saturated carbocycles. The number of carbonyl (C=O) groups excluding carboxylic acids is 2. The first-order chi connectivity index (χ1) is 5.25. The van der Waals surface area contributed by atoms with Crippen LogP contribution in [-0.4, -0.2) is 12.3 Å². The van der Waals surface area contributed by atoms with Crippen molar-refractivity contribution in [3.63, 3.8) is 0 Å². The number of rotatable bonds is 2. The predicted octanol–water partition coefficient (Wildman–Crippen LogP) is 1.07. The summed E-state index contributed by atoms with van der Waals surface area (Å²) in [5.74, 6) is -1.33. The second-order valence-electron chi connectivity index (χ2n) is 1.99. The number of carbonyl (C=O) groups is 2. The van der Waals surface area contributed by atoms with Crippen LogP contribution in [-0.2, 0) is 5.11 Å². The molecule has 0 bridgehead atoms. The first-order valence-electron chi connectivity index (χ1n) is 3.01. The van der Waals surface area contributed by atoms with Crippen molar-refractivity contribution >= 4 is 12.3 Å². The minimum absolute atomic E-state index is 0.0671. The molecule has 0 aliphatic rings. The van der Waals surface area contributed by atoms with E-state index in [1.165, 1.54) is 18.2 Å². The van der Waals surface area contributed by atoms with Crippen molar-refractivity contribution in [1.82, 2.24) is 0 Å². The van der Waals surface area contributed by atoms with Gasteiger partial charge in [0, 0.05) is 5.56 Å². The highest BCUT2D eigenvalue weighted by atomic mass is 16.4. The second kappa shape index (κ2) is 2.96. The molecule has 1 rings (SSSR count). The molecule has 1 aromatic rings. The Balaban J connectivity index is 3.22. The number of hydrogen-bond acceptors (Lipinski definition) is 2. The van der Waals surface area contributed by atoms with Crippen LogP contribution < -0.4 is 0 Å². The van der Waals surface area contributed by atoms with Crippen molar-refractivity contribution in [2.75, 3.05) is 0 Å². The summed E-state index contributed by atoms with van der Waals surface area (Å²) < 4.78 is 0. The average Bonchev–Trinajstić information content (AvgIpc) is 2.04. The van der Waals surface area contributed by atoms with E-state index in [2.05, 4.69) is 0 Å². The van der Waals surface area contributed by atoms with E-state index in [0.29, 0.717) is 6.29 Å². The molecule has 0 aliphatic carbocycles. The normalized spacial score (nSPS) is 9.09. The van der Waals surface area contributed by atoms with Crippen LogP contribution in [0.4, 0.5) is 0 Å². The zero-order valence-corrected chi connectivity index (χ0v) is 5.61. The standard InChI is InChI=1S/C8H5O3/c9-5-6-3-1-2-4-7(6)8(10)11/h1-5H. The third-order valence-electron chi connectivity index (χ3n) is 1.31. The van der Waals surface area contributed by atoms with Crippen molar-refractivity contribution in [2.45, 2.75) is 0 Å². The lowest BCUT2D eigenvalue weighted by molar-refractivity contribution is 0.0571. The highest BCUT2D eigenvalue weighted by Crippen LogP contribution is 2.05. The van der Waals surface area contributed by atoms with Crippen LogP contribution in [0.15, 0.2) is 24.3 Å². The van der Waals surface area contributed by atoms with Gasteiger partial charge in [-0.1, -0.05) is 18.2 Å². The van der Waals surface area contributed by atoms with E-state index in [4.69, 9.17) is 0 Å². The Morgan fingerprint density at radius 1 is 1.27 bits per heavy atom. The fourth-order valence-corrected chi connectivity index (χ4v) is 0.786. The Labute approximate surface area is 63.3 Å². The Bertz CT molecular complexity index is 291. The Hall–Kier alpha value is -1.64. The lowest BCUT2D eigenvalue weighted by Gasteiger charge is -1.93. The van der Waals surface area contributed by atoms with Crippen LogP contribution in [0.25, 0.3) is 0 Å². The number of benzene rings is 1. The van der Waals surface area contributed by atoms with E-state index >= 15 is 0 Å². The first kappa shape index (κ1) is 7.47. The molecule has 0 fully saturated rings. The van der Waals surface area contributed by atoms with Gasteiger partial charge in [0.15, 0.2) is 6.29 Å². The smallest absolute Gasteiger partial charge is 0.298 e. The molecule has 0 unspecified atom stereocenters. The SMILES string of the molecule is [O]C(=O)c1ccccc1C=O. The Kier molecular flexibility index (Phi) is 2.01. The summed E-state index contributed by atoms with van der Waals surface area (Å²) in [7, 11) is 0. The van der Waals surface area contributed by atoms with E-state index in [0.717, 1.165) is 0 Å². The van der Waals surface area contributed by atoms with Crippen molar-refractivity contribution in [3.8, 4) is 0 Å². The fourth-order valence-electron chi connectivity index (χ4n) is 0.786. The summed E-state index contributed by atoms with van der Waals surface area (Å²) in [6, 6.07) is 5.89. The van der Waals surface area contributed by atoms with Gasteiger partial charge < -0.3 is 0 Å². The number of aldehydes is 1. The largest absolute Gasteiger partial charge is 0.387 e. The maximum atomic E-state index is 10.3. The van der Waals surface area contributed by atoms with Crippen LogP contribution in [0.3, 0.4) is 0 Å². The predicted molar refractivity (Wildman–Crippen MR) is 36.8 cm³/mol. The molecular formula is C8H5O3. The minimum atomic E-state index is -1.33. The van der Waals surface area contributed by atoms with E-state index in [9.17, 15) is 14.7 Å². The number of hydrogen-bond donors (Lipinski definition) is 0. The van der Waals surface area contributed by atoms with Crippen LogP contribution in [0.1, 0.15) is 20.7 Å². The lowest BCUT2D eigenvalue weighted by atomic mass is 10.1. The van der Waals surface area contributed by atoms with Crippen LogP contribution >= 0.6 is 0 Å². The molecule has 55 valence electrons. The molecule has 1 radical (unpaired) electrons. The van der Waals surface area contributed by atoms with Crippen LogP contribution in [0.2, 0.25) is 0 Å². The summed E-state index contributed by atoms with van der Waals surface area (Å²) in [6.45, 7) is 0. The minimum Gasteiger partial charge on any atom is -0.298 e. The summed E-state index contributed by atoms with van der Waals surface area (Å²) in [5.41, 5.74) is 0.0787. The molecular weight excluding hydrogens is 144 g/mol. The second-order valence-corrected chi connectivity index (χ2v) is 1.99. The van der Waals surface area contributed by atoms with Gasteiger partial charge in [-0.2, -0.15) is 0 Å². The van der Waals surface area contributed by atoms with Gasteiger partial charge in [0.2, 0.25) is 0 Å². The van der Waals surface area contributed by atoms with E-state index in [1.807, 2.05) is 0 Å². The summed E-state index contributed by atoms with van der Waals surface area (Å²) >= 11 is 0. The topological polar surface area (TPSA) is 54.0 Å². The quantitative estimate of drug-likeness (QED) is 0.590. The van der Waals surface area contributed by atoms with E-state index < -0.39 is 5.97 Å². The summed E-state index contributed by atoms with van der Waals surface area (Å²) in [5, 5.41) is 10.3. The van der Waals surface area contributed by atoms with Gasteiger partial charge in [-0.3, -0.25) is 4.79 Å². The van der Waals surface area contributed by atoms with Crippen LogP contribution in [0.5, 0.6) is 0 Å². The van der Waals surface area contributed by atoms with Gasteiger partial charge in [-0.15, -0.1) is 0 Å². The molecule has 1 aromatic carbocycles. The molecule has 11 heavy (non-hydrogen) atoms. The average molecular weight is 149 g/mol. The Morgan fingerprint density at radius 3 is 2.36 bits per heavy atom. The van der Waals surface area contributed by atoms with Gasteiger partial charge >= 0.3 is 5.97 Å². The van der Waals surface area contributed by atoms with Gasteiger partial charge in [0.25, 0.3) is 0 Å². The van der Waals surface area contributed by atoms with Crippen molar-refractivity contribution in [2.24, 2.45) is 0 Å². The zero-order valence-electron chi connectivity index (χ0n) is 5.61. The van der Waals surface area contributed by atoms with Crippen molar-refractivity contribution < 1.29 is 14.7 Å². The third-order valence-corrected chi connectivity index (χ3v) is 1.31. The summed E-state index contributed by atoms with van der Waals surface area (Å²) in [6.07, 6.45) is 0.491. The molecule has 0 spiro atoms. The maximum absolute atomic E-state index is 10.3. The van der Waals surface area contributed by atoms with Gasteiger partial charge in [0.05, 0.1) is 5.56 Å². The van der Waals surface area contributed by atoms with Crippen molar-refractivity contribution in [1.29, 1.82) is 0 Å². The monoisotopic (exact) mass is 149 g/mol. The van der Waals surface area contributed by atoms with Gasteiger partial charge in [-0.25, -0.2) is 9.90 Å². The zero-order chi connectivity index (χ0) is 8.27. The molecule has 0 N–H and O–H groups in total. The van der Waals surface area contributed by atoms with E-state index in [1.54, 1.807) is 6.07 Å². The third kappa shape index (κ3) is 1.43. The molecule has 0 aliphatic heterocycles. The highest BCUT2D eigenvalue weighted by molar-refractivity contribution is 5.96.